The van der Waals surface area contributed by atoms with Crippen LogP contribution >= 0.6 is 0 Å². The number of carbonyl (C=O) groups is 4. The Morgan fingerprint density at radius 3 is 2.46 bits per heavy atom. The molecule has 0 bridgehead atoms. The van der Waals surface area contributed by atoms with Gasteiger partial charge in [0.1, 0.15) is 11.8 Å². The van der Waals surface area contributed by atoms with Crippen LogP contribution in [0.15, 0.2) is 48.5 Å². The van der Waals surface area contributed by atoms with Gasteiger partial charge in [-0.15, -0.1) is 0 Å². The van der Waals surface area contributed by atoms with Crippen LogP contribution in [0.3, 0.4) is 0 Å². The fourth-order valence-electron chi connectivity index (χ4n) is 4.76. The average Bonchev–Trinajstić information content (AvgIpc) is 2.95. The lowest BCUT2D eigenvalue weighted by atomic mass is 10.1. The minimum atomic E-state index is -0.886. The topological polar surface area (TPSA) is 121 Å². The van der Waals surface area contributed by atoms with Crippen molar-refractivity contribution < 1.29 is 28.7 Å². The first-order valence-corrected chi connectivity index (χ1v) is 13.1. The van der Waals surface area contributed by atoms with Crippen LogP contribution in [0.5, 0.6) is 5.75 Å². The molecule has 2 aromatic carbocycles. The van der Waals surface area contributed by atoms with Crippen molar-refractivity contribution in [1.29, 1.82) is 0 Å². The second-order valence-electron chi connectivity index (χ2n) is 9.41. The number of piperazine rings is 2. The van der Waals surface area contributed by atoms with Crippen molar-refractivity contribution in [3.8, 4) is 5.75 Å². The van der Waals surface area contributed by atoms with Crippen molar-refractivity contribution >= 4 is 35.1 Å². The van der Waals surface area contributed by atoms with Gasteiger partial charge in [0.15, 0.2) is 0 Å². The summed E-state index contributed by atoms with van der Waals surface area (Å²) in [7, 11) is 1.64. The predicted octanol–water partition coefficient (Wildman–Crippen LogP) is 1.35. The second kappa shape index (κ2) is 13.1. The molecule has 4 rings (SSSR count). The molecule has 0 saturated carbocycles. The molecule has 2 heterocycles. The number of hydrogen-bond donors (Lipinski definition) is 2. The minimum Gasteiger partial charge on any atom is -0.497 e. The first-order valence-electron chi connectivity index (χ1n) is 13.1. The maximum atomic E-state index is 13.3. The van der Waals surface area contributed by atoms with E-state index in [1.807, 2.05) is 24.3 Å². The Labute approximate surface area is 228 Å². The van der Waals surface area contributed by atoms with E-state index in [0.717, 1.165) is 24.5 Å². The summed E-state index contributed by atoms with van der Waals surface area (Å²) in [6, 6.07) is 13.3. The molecule has 2 N–H and O–H groups in total. The molecule has 11 nitrogen and oxygen atoms in total. The molecule has 11 heteroatoms. The Hall–Kier alpha value is -4.12. The number of rotatable bonds is 9. The Bertz CT molecular complexity index is 1180. The Kier molecular flexibility index (Phi) is 9.37. The maximum Gasteiger partial charge on any atom is 0.338 e. The monoisotopic (exact) mass is 537 g/mol. The summed E-state index contributed by atoms with van der Waals surface area (Å²) in [5.41, 5.74) is 1.94. The molecule has 3 amide bonds. The van der Waals surface area contributed by atoms with Crippen LogP contribution in [0.25, 0.3) is 0 Å². The number of ether oxygens (including phenoxy) is 2. The van der Waals surface area contributed by atoms with Crippen molar-refractivity contribution in [1.82, 2.24) is 15.1 Å². The summed E-state index contributed by atoms with van der Waals surface area (Å²) in [5, 5.41) is 5.50. The Balaban J connectivity index is 1.30. The molecule has 0 radical (unpaired) electrons. The zero-order valence-corrected chi connectivity index (χ0v) is 22.4. The summed E-state index contributed by atoms with van der Waals surface area (Å²) in [4.78, 5) is 56.3. The zero-order valence-electron chi connectivity index (χ0n) is 22.4. The van der Waals surface area contributed by atoms with E-state index in [9.17, 15) is 19.2 Å². The van der Waals surface area contributed by atoms with E-state index in [4.69, 9.17) is 9.47 Å². The van der Waals surface area contributed by atoms with Crippen LogP contribution in [0.2, 0.25) is 0 Å². The second-order valence-corrected chi connectivity index (χ2v) is 9.41. The van der Waals surface area contributed by atoms with Gasteiger partial charge in [-0.1, -0.05) is 6.07 Å². The fraction of sp³-hybridized carbons (Fsp3) is 0.429. The largest absolute Gasteiger partial charge is 0.497 e. The predicted molar refractivity (Wildman–Crippen MR) is 146 cm³/mol. The summed E-state index contributed by atoms with van der Waals surface area (Å²) in [6.45, 7) is 5.82. The van der Waals surface area contributed by atoms with Crippen molar-refractivity contribution in [2.45, 2.75) is 19.4 Å². The molecule has 0 aromatic heterocycles. The summed E-state index contributed by atoms with van der Waals surface area (Å²) < 4.78 is 10.3. The molecule has 0 aliphatic carbocycles. The van der Waals surface area contributed by atoms with E-state index in [1.165, 1.54) is 4.90 Å². The van der Waals surface area contributed by atoms with E-state index >= 15 is 0 Å². The van der Waals surface area contributed by atoms with Crippen molar-refractivity contribution in [2.24, 2.45) is 0 Å². The lowest BCUT2D eigenvalue weighted by Gasteiger charge is -2.39. The van der Waals surface area contributed by atoms with Gasteiger partial charge in [0.25, 0.3) is 0 Å². The smallest absolute Gasteiger partial charge is 0.338 e. The van der Waals surface area contributed by atoms with Gasteiger partial charge < -0.3 is 29.9 Å². The van der Waals surface area contributed by atoms with Gasteiger partial charge >= 0.3 is 5.97 Å². The van der Waals surface area contributed by atoms with E-state index in [1.54, 1.807) is 38.3 Å². The standard InChI is InChI=1S/C28H35N5O6/c1-3-39-28(37)20-7-9-21(10-8-20)30-25(34)18-24-27(36)29-11-12-33(24)26(35)19-31-13-15-32(16-14-31)22-5-4-6-23(17-22)38-2/h4-10,17,24H,3,11-16,18-19H2,1-2H3,(H,29,36)(H,30,34)/t24-/m1/s1. The van der Waals surface area contributed by atoms with Crippen molar-refractivity contribution in [3.05, 3.63) is 54.1 Å². The fourth-order valence-corrected chi connectivity index (χ4v) is 4.76. The number of methoxy groups -OCH3 is 1. The molecule has 2 saturated heterocycles. The van der Waals surface area contributed by atoms with E-state index in [-0.39, 0.29) is 31.4 Å². The van der Waals surface area contributed by atoms with Gasteiger partial charge in [-0.2, -0.15) is 0 Å². The molecule has 2 aliphatic heterocycles. The highest BCUT2D eigenvalue weighted by Gasteiger charge is 2.35. The Morgan fingerprint density at radius 2 is 1.77 bits per heavy atom. The van der Waals surface area contributed by atoms with Gasteiger partial charge in [0.05, 0.1) is 32.2 Å². The van der Waals surface area contributed by atoms with Crippen LogP contribution in [0, 0.1) is 0 Å². The number of nitrogens with zero attached hydrogens (tertiary/aromatic N) is 3. The third-order valence-electron chi connectivity index (χ3n) is 6.86. The number of amides is 3. The molecule has 1 atom stereocenters. The van der Waals surface area contributed by atoms with Crippen molar-refractivity contribution in [2.75, 3.05) is 69.7 Å². The van der Waals surface area contributed by atoms with Crippen LogP contribution in [0.4, 0.5) is 11.4 Å². The van der Waals surface area contributed by atoms with Gasteiger partial charge in [-0.25, -0.2) is 4.79 Å². The maximum absolute atomic E-state index is 13.3. The van der Waals surface area contributed by atoms with Gasteiger partial charge in [0, 0.05) is 56.7 Å². The van der Waals surface area contributed by atoms with Gasteiger partial charge in [-0.05, 0) is 43.3 Å². The van der Waals surface area contributed by atoms with Gasteiger partial charge in [0.2, 0.25) is 17.7 Å². The number of esters is 1. The molecule has 208 valence electrons. The number of hydrogen-bond acceptors (Lipinski definition) is 8. The van der Waals surface area contributed by atoms with Crippen molar-refractivity contribution in [3.63, 3.8) is 0 Å². The first-order chi connectivity index (χ1) is 18.9. The quantitative estimate of drug-likeness (QED) is 0.460. The van der Waals surface area contributed by atoms with Gasteiger partial charge in [-0.3, -0.25) is 19.3 Å². The number of nitrogens with one attached hydrogen (secondary N) is 2. The molecule has 2 fully saturated rings. The third-order valence-corrected chi connectivity index (χ3v) is 6.86. The highest BCUT2D eigenvalue weighted by atomic mass is 16.5. The summed E-state index contributed by atoms with van der Waals surface area (Å²) in [6.07, 6.45) is -0.166. The minimum absolute atomic E-state index is 0.166. The normalized spacial score (nSPS) is 17.8. The lowest BCUT2D eigenvalue weighted by molar-refractivity contribution is -0.145. The lowest BCUT2D eigenvalue weighted by Crippen LogP contribution is -2.60. The summed E-state index contributed by atoms with van der Waals surface area (Å²) >= 11 is 0. The average molecular weight is 538 g/mol. The highest BCUT2D eigenvalue weighted by molar-refractivity contribution is 5.98. The molecule has 2 aliphatic rings. The molecule has 0 unspecified atom stereocenters. The molecule has 2 aromatic rings. The Morgan fingerprint density at radius 1 is 1.03 bits per heavy atom. The summed E-state index contributed by atoms with van der Waals surface area (Å²) in [5.74, 6) is -0.547. The van der Waals surface area contributed by atoms with E-state index < -0.39 is 17.9 Å². The van der Waals surface area contributed by atoms with Crippen LogP contribution in [-0.4, -0.2) is 99.1 Å². The molecule has 39 heavy (non-hydrogen) atoms. The molecular formula is C28H35N5O6. The zero-order chi connectivity index (χ0) is 27.8. The number of anilines is 2. The van der Waals surface area contributed by atoms with Crippen LogP contribution in [0.1, 0.15) is 23.7 Å². The van der Waals surface area contributed by atoms with Crippen LogP contribution < -0.4 is 20.3 Å². The highest BCUT2D eigenvalue weighted by Crippen LogP contribution is 2.22. The number of carbonyl (C=O) groups excluding carboxylic acids is 4. The first kappa shape index (κ1) is 27.9. The SMILES string of the molecule is CCOC(=O)c1ccc(NC(=O)C[C@@H]2C(=O)NCCN2C(=O)CN2CCN(c3cccc(OC)c3)CC2)cc1. The van der Waals surface area contributed by atoms with E-state index in [2.05, 4.69) is 20.4 Å². The molecule has 0 spiro atoms. The van der Waals surface area contributed by atoms with E-state index in [0.29, 0.717) is 37.4 Å². The van der Waals surface area contributed by atoms with Crippen LogP contribution in [-0.2, 0) is 19.1 Å². The number of benzene rings is 2. The third kappa shape index (κ3) is 7.26. The molecular weight excluding hydrogens is 502 g/mol.